The summed E-state index contributed by atoms with van der Waals surface area (Å²) in [7, 11) is 0. The van der Waals surface area contributed by atoms with Crippen LogP contribution in [0.5, 0.6) is 0 Å². The number of hydrogen-bond donors (Lipinski definition) is 0. The molecular formula is C17H20O4. The van der Waals surface area contributed by atoms with E-state index in [1.165, 1.54) is 5.57 Å². The Kier molecular flexibility index (Phi) is 4.17. The molecular weight excluding hydrogens is 268 g/mol. The SMILES string of the molecule is CC(=O)C=C1CC2C=CC(C1)O2.O=C1CC2C=CC(C1)O2. The highest BCUT2D eigenvalue weighted by Crippen LogP contribution is 2.30. The molecule has 21 heavy (non-hydrogen) atoms. The average molecular weight is 288 g/mol. The lowest BCUT2D eigenvalue weighted by molar-refractivity contribution is -0.128. The summed E-state index contributed by atoms with van der Waals surface area (Å²) in [5, 5.41) is 0. The highest BCUT2D eigenvalue weighted by Gasteiger charge is 2.29. The summed E-state index contributed by atoms with van der Waals surface area (Å²) in [6.07, 6.45) is 13.5. The second kappa shape index (κ2) is 6.08. The van der Waals surface area contributed by atoms with Crippen molar-refractivity contribution in [2.24, 2.45) is 0 Å². The van der Waals surface area contributed by atoms with Crippen LogP contribution in [0, 0.1) is 0 Å². The van der Waals surface area contributed by atoms with Gasteiger partial charge in [-0.1, -0.05) is 29.9 Å². The third kappa shape index (κ3) is 3.77. The maximum absolute atomic E-state index is 10.8. The van der Waals surface area contributed by atoms with Crippen LogP contribution >= 0.6 is 0 Å². The number of Topliss-reactive ketones (excluding diaryl/α,β-unsaturated/α-hetero) is 1. The van der Waals surface area contributed by atoms with Gasteiger partial charge in [0.05, 0.1) is 24.4 Å². The van der Waals surface area contributed by atoms with E-state index in [1.54, 1.807) is 13.0 Å². The topological polar surface area (TPSA) is 52.6 Å². The Morgan fingerprint density at radius 3 is 1.81 bits per heavy atom. The molecule has 0 radical (unpaired) electrons. The zero-order chi connectivity index (χ0) is 14.8. The number of ether oxygens (including phenoxy) is 2. The standard InChI is InChI=1S/C10H12O2.C7H8O2/c1-7(11)4-8-5-9-2-3-10(6-8)12-9;8-5-3-6-1-2-7(4-5)9-6/h2-4,9-10H,5-6H2,1H3;1-2,6-7H,3-4H2. The Labute approximate surface area is 124 Å². The van der Waals surface area contributed by atoms with Crippen LogP contribution in [-0.4, -0.2) is 36.0 Å². The van der Waals surface area contributed by atoms with Gasteiger partial charge in [0.25, 0.3) is 0 Å². The molecule has 0 amide bonds. The summed E-state index contributed by atoms with van der Waals surface area (Å²) in [4.78, 5) is 21.6. The maximum Gasteiger partial charge on any atom is 0.152 e. The lowest BCUT2D eigenvalue weighted by Gasteiger charge is -2.22. The molecule has 0 aliphatic carbocycles. The van der Waals surface area contributed by atoms with Gasteiger partial charge < -0.3 is 9.47 Å². The van der Waals surface area contributed by atoms with Gasteiger partial charge in [0, 0.05) is 12.8 Å². The first kappa shape index (κ1) is 14.4. The minimum atomic E-state index is 0.108. The molecule has 2 saturated heterocycles. The largest absolute Gasteiger partial charge is 0.366 e. The molecule has 4 rings (SSSR count). The fraction of sp³-hybridized carbons (Fsp3) is 0.529. The Balaban J connectivity index is 0.000000131. The number of carbonyl (C=O) groups excluding carboxylic acids is 2. The molecule has 0 aromatic rings. The van der Waals surface area contributed by atoms with E-state index in [0.29, 0.717) is 18.6 Å². The summed E-state index contributed by atoms with van der Waals surface area (Å²) in [5.41, 5.74) is 1.23. The van der Waals surface area contributed by atoms with Gasteiger partial charge in [-0.05, 0) is 25.8 Å². The van der Waals surface area contributed by atoms with Crippen LogP contribution in [0.4, 0.5) is 0 Å². The van der Waals surface area contributed by atoms with Crippen LogP contribution in [0.2, 0.25) is 0 Å². The third-order valence-electron chi connectivity index (χ3n) is 3.97. The smallest absolute Gasteiger partial charge is 0.152 e. The highest BCUT2D eigenvalue weighted by molar-refractivity contribution is 5.88. The fourth-order valence-corrected chi connectivity index (χ4v) is 3.13. The Bertz CT molecular complexity index is 497. The predicted molar refractivity (Wildman–Crippen MR) is 77.8 cm³/mol. The van der Waals surface area contributed by atoms with Gasteiger partial charge in [-0.2, -0.15) is 0 Å². The van der Waals surface area contributed by atoms with Gasteiger partial charge >= 0.3 is 0 Å². The second-order valence-corrected chi connectivity index (χ2v) is 5.96. The van der Waals surface area contributed by atoms with Crippen molar-refractivity contribution in [1.29, 1.82) is 0 Å². The molecule has 2 fully saturated rings. The van der Waals surface area contributed by atoms with Crippen LogP contribution < -0.4 is 0 Å². The van der Waals surface area contributed by atoms with Gasteiger partial charge in [0.2, 0.25) is 0 Å². The summed E-state index contributed by atoms with van der Waals surface area (Å²) in [5.74, 6) is 0.479. The van der Waals surface area contributed by atoms with Crippen LogP contribution in [-0.2, 0) is 19.1 Å². The van der Waals surface area contributed by atoms with Crippen molar-refractivity contribution < 1.29 is 19.1 Å². The van der Waals surface area contributed by atoms with Gasteiger partial charge in [0.1, 0.15) is 5.78 Å². The van der Waals surface area contributed by atoms with Crippen molar-refractivity contribution in [3.8, 4) is 0 Å². The molecule has 0 saturated carbocycles. The third-order valence-corrected chi connectivity index (χ3v) is 3.97. The lowest BCUT2D eigenvalue weighted by atomic mass is 10.0. The quantitative estimate of drug-likeness (QED) is 0.549. The van der Waals surface area contributed by atoms with Crippen molar-refractivity contribution in [2.45, 2.75) is 57.0 Å². The first-order valence-electron chi connectivity index (χ1n) is 7.48. The molecule has 4 aliphatic rings. The molecule has 0 spiro atoms. The second-order valence-electron chi connectivity index (χ2n) is 5.96. The number of rotatable bonds is 1. The van der Waals surface area contributed by atoms with E-state index in [-0.39, 0.29) is 30.2 Å². The van der Waals surface area contributed by atoms with Crippen molar-refractivity contribution in [3.63, 3.8) is 0 Å². The summed E-state index contributed by atoms with van der Waals surface area (Å²) >= 11 is 0. The highest BCUT2D eigenvalue weighted by atomic mass is 16.5. The average Bonchev–Trinajstić information content (AvgIpc) is 2.92. The van der Waals surface area contributed by atoms with Crippen LogP contribution in [0.1, 0.15) is 32.6 Å². The van der Waals surface area contributed by atoms with Gasteiger partial charge in [-0.3, -0.25) is 9.59 Å². The van der Waals surface area contributed by atoms with Crippen LogP contribution in [0.25, 0.3) is 0 Å². The first-order chi connectivity index (χ1) is 10.1. The molecule has 0 aromatic heterocycles. The zero-order valence-corrected chi connectivity index (χ0v) is 12.2. The maximum atomic E-state index is 10.8. The van der Waals surface area contributed by atoms with Gasteiger partial charge in [0.15, 0.2) is 5.78 Å². The Morgan fingerprint density at radius 1 is 0.952 bits per heavy atom. The molecule has 4 heteroatoms. The number of carbonyl (C=O) groups is 2. The van der Waals surface area contributed by atoms with E-state index in [2.05, 4.69) is 12.2 Å². The minimum Gasteiger partial charge on any atom is -0.366 e. The molecule has 0 N–H and O–H groups in total. The van der Waals surface area contributed by atoms with Crippen LogP contribution in [0.3, 0.4) is 0 Å². The van der Waals surface area contributed by atoms with E-state index in [1.807, 2.05) is 12.2 Å². The monoisotopic (exact) mass is 288 g/mol. The molecule has 112 valence electrons. The summed E-state index contributed by atoms with van der Waals surface area (Å²) < 4.78 is 10.9. The minimum absolute atomic E-state index is 0.108. The summed E-state index contributed by atoms with van der Waals surface area (Å²) in [6, 6.07) is 0. The van der Waals surface area contributed by atoms with Gasteiger partial charge in [-0.15, -0.1) is 0 Å². The first-order valence-corrected chi connectivity index (χ1v) is 7.48. The van der Waals surface area contributed by atoms with Crippen LogP contribution in [0.15, 0.2) is 36.0 Å². The fourth-order valence-electron chi connectivity index (χ4n) is 3.13. The Morgan fingerprint density at radius 2 is 1.38 bits per heavy atom. The zero-order valence-electron chi connectivity index (χ0n) is 12.2. The molecule has 4 aliphatic heterocycles. The molecule has 4 heterocycles. The van der Waals surface area contributed by atoms with Crippen molar-refractivity contribution in [2.75, 3.05) is 0 Å². The van der Waals surface area contributed by atoms with Crippen molar-refractivity contribution in [3.05, 3.63) is 36.0 Å². The van der Waals surface area contributed by atoms with Crippen molar-refractivity contribution >= 4 is 11.6 Å². The van der Waals surface area contributed by atoms with E-state index < -0.39 is 0 Å². The number of ketones is 2. The molecule has 0 aromatic carbocycles. The van der Waals surface area contributed by atoms with Crippen molar-refractivity contribution in [1.82, 2.24) is 0 Å². The summed E-state index contributed by atoms with van der Waals surface area (Å²) in [6.45, 7) is 1.60. The number of hydrogen-bond acceptors (Lipinski definition) is 4. The number of allylic oxidation sites excluding steroid dienone is 1. The molecule has 4 nitrogen and oxygen atoms in total. The van der Waals surface area contributed by atoms with E-state index in [9.17, 15) is 9.59 Å². The van der Waals surface area contributed by atoms with E-state index >= 15 is 0 Å². The van der Waals surface area contributed by atoms with E-state index in [4.69, 9.17) is 9.47 Å². The molecule has 4 unspecified atom stereocenters. The number of fused-ring (bicyclic) bond motifs is 4. The molecule has 4 bridgehead atoms. The lowest BCUT2D eigenvalue weighted by Crippen LogP contribution is -2.25. The van der Waals surface area contributed by atoms with Gasteiger partial charge in [-0.25, -0.2) is 0 Å². The normalized spacial score (nSPS) is 35.5. The Hall–Kier alpha value is -1.52. The van der Waals surface area contributed by atoms with E-state index in [0.717, 1.165) is 12.8 Å². The molecule has 4 atom stereocenters. The predicted octanol–water partition coefficient (Wildman–Crippen LogP) is 2.29.